The third-order valence-electron chi connectivity index (χ3n) is 8.51. The summed E-state index contributed by atoms with van der Waals surface area (Å²) < 4.78 is 0. The van der Waals surface area contributed by atoms with E-state index in [4.69, 9.17) is 0 Å². The zero-order chi connectivity index (χ0) is 27.3. The summed E-state index contributed by atoms with van der Waals surface area (Å²) in [4.78, 5) is 32.5. The molecule has 2 amide bonds. The van der Waals surface area contributed by atoms with Crippen LogP contribution in [-0.2, 0) is 10.2 Å². The van der Waals surface area contributed by atoms with Crippen molar-refractivity contribution >= 4 is 23.2 Å². The number of hydrogen-bond acceptors (Lipinski definition) is 3. The number of carbonyl (C=O) groups excluding carboxylic acids is 2. The topological polar surface area (TPSA) is 52.7 Å². The van der Waals surface area contributed by atoms with Crippen LogP contribution in [0, 0.1) is 11.8 Å². The van der Waals surface area contributed by atoms with Crippen LogP contribution in [0.25, 0.3) is 0 Å². The summed E-state index contributed by atoms with van der Waals surface area (Å²) in [6, 6.07) is 16.2. The minimum atomic E-state index is -0.195. The molecule has 1 unspecified atom stereocenters. The fourth-order valence-electron chi connectivity index (χ4n) is 6.53. The summed E-state index contributed by atoms with van der Waals surface area (Å²) in [6.45, 7) is 13.4. The molecule has 5 heteroatoms. The highest BCUT2D eigenvalue weighted by atomic mass is 16.2. The van der Waals surface area contributed by atoms with Crippen molar-refractivity contribution in [3.8, 4) is 0 Å². The van der Waals surface area contributed by atoms with Crippen LogP contribution in [0.1, 0.15) is 95.5 Å². The Kier molecular flexibility index (Phi) is 9.17. The molecule has 2 atom stereocenters. The second-order valence-electron chi connectivity index (χ2n) is 12.2. The van der Waals surface area contributed by atoms with Gasteiger partial charge >= 0.3 is 0 Å². The van der Waals surface area contributed by atoms with Crippen molar-refractivity contribution in [1.82, 2.24) is 4.90 Å². The summed E-state index contributed by atoms with van der Waals surface area (Å²) in [5, 5.41) is 3.25. The van der Waals surface area contributed by atoms with Gasteiger partial charge in [-0.25, -0.2) is 0 Å². The zero-order valence-electron chi connectivity index (χ0n) is 24.1. The maximum Gasteiger partial charge on any atom is 0.256 e. The monoisotopic (exact) mass is 517 g/mol. The van der Waals surface area contributed by atoms with E-state index in [9.17, 15) is 9.59 Å². The van der Waals surface area contributed by atoms with Crippen LogP contribution < -0.4 is 10.2 Å². The molecule has 206 valence electrons. The fraction of sp³-hybridized carbons (Fsp3) is 0.576. The average molecular weight is 518 g/mol. The standard InChI is InChI=1S/C33H47N3O2/c1-6-21-35(7-2)29-20-11-10-18-27(29)32(38)36-22-13-19-28(30(36)24-14-8-9-15-24)31(37)34-26-17-12-16-25(23-26)33(3,4)5/h10-12,16-18,20,23-24,28,30H,6-9,13-15,19,21-22H2,1-5H3,(H,34,37)/t28?,30-/m0/s1. The minimum absolute atomic E-state index is 0.0126. The highest BCUT2D eigenvalue weighted by Crippen LogP contribution is 2.40. The van der Waals surface area contributed by atoms with Gasteiger partial charge in [-0.2, -0.15) is 0 Å². The van der Waals surface area contributed by atoms with Crippen molar-refractivity contribution in [2.24, 2.45) is 11.8 Å². The molecule has 0 bridgehead atoms. The molecule has 5 nitrogen and oxygen atoms in total. The second-order valence-corrected chi connectivity index (χ2v) is 12.2. The minimum Gasteiger partial charge on any atom is -0.371 e. The molecule has 0 radical (unpaired) electrons. The lowest BCUT2D eigenvalue weighted by Gasteiger charge is -2.44. The van der Waals surface area contributed by atoms with E-state index < -0.39 is 0 Å². The third kappa shape index (κ3) is 6.24. The van der Waals surface area contributed by atoms with Gasteiger partial charge in [0.1, 0.15) is 0 Å². The number of likely N-dealkylation sites (tertiary alicyclic amines) is 1. The summed E-state index contributed by atoms with van der Waals surface area (Å²) >= 11 is 0. The molecule has 2 aliphatic rings. The molecular weight excluding hydrogens is 470 g/mol. The number of anilines is 2. The van der Waals surface area contributed by atoms with Crippen LogP contribution in [0.2, 0.25) is 0 Å². The molecule has 1 aliphatic heterocycles. The van der Waals surface area contributed by atoms with E-state index in [2.05, 4.69) is 67.9 Å². The molecule has 0 aromatic heterocycles. The van der Waals surface area contributed by atoms with Crippen LogP contribution >= 0.6 is 0 Å². The number of benzene rings is 2. The first-order chi connectivity index (χ1) is 18.2. The van der Waals surface area contributed by atoms with Gasteiger partial charge in [0.2, 0.25) is 5.91 Å². The van der Waals surface area contributed by atoms with Crippen LogP contribution in [0.3, 0.4) is 0 Å². The lowest BCUT2D eigenvalue weighted by Crippen LogP contribution is -2.55. The van der Waals surface area contributed by atoms with E-state index in [1.165, 1.54) is 18.4 Å². The van der Waals surface area contributed by atoms with Gasteiger partial charge in [0.25, 0.3) is 5.91 Å². The summed E-state index contributed by atoms with van der Waals surface area (Å²) in [5.41, 5.74) is 3.84. The third-order valence-corrected chi connectivity index (χ3v) is 8.51. The fourth-order valence-corrected chi connectivity index (χ4v) is 6.53. The Balaban J connectivity index is 1.63. The van der Waals surface area contributed by atoms with Gasteiger partial charge in [0.15, 0.2) is 0 Å². The Labute approximate surface area is 230 Å². The van der Waals surface area contributed by atoms with E-state index in [-0.39, 0.29) is 29.2 Å². The number of rotatable bonds is 8. The SMILES string of the molecule is CCCN(CC)c1ccccc1C(=O)N1CCCC(C(=O)Nc2cccc(C(C)(C)C)c2)[C@@H]1C1CCCC1. The molecule has 2 aromatic carbocycles. The molecule has 2 fully saturated rings. The Morgan fingerprint density at radius 2 is 1.71 bits per heavy atom. The quantitative estimate of drug-likeness (QED) is 0.401. The molecule has 1 heterocycles. The van der Waals surface area contributed by atoms with Gasteiger partial charge in [-0.1, -0.05) is 64.8 Å². The second kappa shape index (κ2) is 12.4. The number of hydrogen-bond donors (Lipinski definition) is 1. The number of nitrogens with zero attached hydrogens (tertiary/aromatic N) is 2. The van der Waals surface area contributed by atoms with E-state index in [1.807, 2.05) is 30.3 Å². The smallest absolute Gasteiger partial charge is 0.256 e. The first-order valence-electron chi connectivity index (χ1n) is 14.8. The predicted molar refractivity (Wildman–Crippen MR) is 158 cm³/mol. The van der Waals surface area contributed by atoms with Crippen molar-refractivity contribution in [1.29, 1.82) is 0 Å². The summed E-state index contributed by atoms with van der Waals surface area (Å²) in [7, 11) is 0. The Morgan fingerprint density at radius 1 is 0.974 bits per heavy atom. The average Bonchev–Trinajstić information content (AvgIpc) is 3.45. The largest absolute Gasteiger partial charge is 0.371 e. The molecule has 2 aromatic rings. The van der Waals surface area contributed by atoms with Crippen LogP contribution in [-0.4, -0.2) is 42.4 Å². The van der Waals surface area contributed by atoms with E-state index >= 15 is 0 Å². The number of piperidine rings is 1. The normalized spacial score (nSPS) is 20.4. The van der Waals surface area contributed by atoms with Gasteiger partial charge in [-0.3, -0.25) is 9.59 Å². The van der Waals surface area contributed by atoms with Crippen LogP contribution in [0.15, 0.2) is 48.5 Å². The maximum absolute atomic E-state index is 14.3. The maximum atomic E-state index is 14.3. The molecular formula is C33H47N3O2. The Morgan fingerprint density at radius 3 is 2.39 bits per heavy atom. The van der Waals surface area contributed by atoms with E-state index in [1.54, 1.807) is 0 Å². The van der Waals surface area contributed by atoms with Gasteiger partial charge in [-0.05, 0) is 80.2 Å². The highest BCUT2D eigenvalue weighted by Gasteiger charge is 2.44. The lowest BCUT2D eigenvalue weighted by molar-refractivity contribution is -0.124. The predicted octanol–water partition coefficient (Wildman–Crippen LogP) is 7.27. The number of nitrogens with one attached hydrogen (secondary N) is 1. The van der Waals surface area contributed by atoms with Crippen molar-refractivity contribution in [3.63, 3.8) is 0 Å². The molecule has 1 aliphatic carbocycles. The number of carbonyl (C=O) groups is 2. The molecule has 0 spiro atoms. The molecule has 4 rings (SSSR count). The Hall–Kier alpha value is -2.82. The summed E-state index contributed by atoms with van der Waals surface area (Å²) in [5.74, 6) is 0.319. The molecule has 38 heavy (non-hydrogen) atoms. The van der Waals surface area contributed by atoms with E-state index in [0.29, 0.717) is 5.92 Å². The molecule has 1 saturated carbocycles. The van der Waals surface area contributed by atoms with Crippen molar-refractivity contribution in [2.75, 3.05) is 29.9 Å². The summed E-state index contributed by atoms with van der Waals surface area (Å²) in [6.07, 6.45) is 7.26. The van der Waals surface area contributed by atoms with Crippen LogP contribution in [0.4, 0.5) is 11.4 Å². The van der Waals surface area contributed by atoms with Gasteiger partial charge in [-0.15, -0.1) is 0 Å². The molecule has 1 saturated heterocycles. The highest BCUT2D eigenvalue weighted by molar-refractivity contribution is 6.01. The van der Waals surface area contributed by atoms with E-state index in [0.717, 1.165) is 68.7 Å². The Bertz CT molecular complexity index is 1100. The first kappa shape index (κ1) is 28.2. The van der Waals surface area contributed by atoms with Crippen molar-refractivity contribution < 1.29 is 9.59 Å². The van der Waals surface area contributed by atoms with Gasteiger partial charge in [0.05, 0.1) is 11.5 Å². The van der Waals surface area contributed by atoms with Crippen molar-refractivity contribution in [2.45, 2.75) is 91.0 Å². The number of amides is 2. The van der Waals surface area contributed by atoms with Crippen LogP contribution in [0.5, 0.6) is 0 Å². The number of para-hydroxylation sites is 1. The lowest BCUT2D eigenvalue weighted by atomic mass is 9.79. The zero-order valence-corrected chi connectivity index (χ0v) is 24.1. The van der Waals surface area contributed by atoms with Gasteiger partial charge in [0, 0.05) is 37.1 Å². The first-order valence-corrected chi connectivity index (χ1v) is 14.8. The van der Waals surface area contributed by atoms with Gasteiger partial charge < -0.3 is 15.1 Å². The van der Waals surface area contributed by atoms with Crippen molar-refractivity contribution in [3.05, 3.63) is 59.7 Å². The molecule has 1 N–H and O–H groups in total.